The maximum Gasteiger partial charge on any atom is 0.416 e. The number of hydrogen-bond donors (Lipinski definition) is 0. The molecule has 1 aliphatic heterocycles. The third-order valence-corrected chi connectivity index (χ3v) is 3.61. The lowest BCUT2D eigenvalue weighted by atomic mass is 9.92. The first-order valence-corrected chi connectivity index (χ1v) is 7.00. The van der Waals surface area contributed by atoms with E-state index in [1.54, 1.807) is 13.8 Å². The van der Waals surface area contributed by atoms with Gasteiger partial charge in [0.1, 0.15) is 0 Å². The first kappa shape index (κ1) is 16.3. The fraction of sp³-hybridized carbons (Fsp3) is 0.467. The van der Waals surface area contributed by atoms with E-state index in [4.69, 9.17) is 4.74 Å². The third-order valence-electron chi connectivity index (χ3n) is 3.61. The highest BCUT2D eigenvalue weighted by atomic mass is 19.4. The molecular weight excluding hydrogens is 299 g/mol. The molecule has 0 spiro atoms. The SMILES string of the molecule is CCOC(=O)N1c2ccc(C(F)(F)F)cc2C(=O)CC1CC. The number of rotatable bonds is 2. The lowest BCUT2D eigenvalue weighted by Crippen LogP contribution is -2.45. The van der Waals surface area contributed by atoms with Gasteiger partial charge in [0.05, 0.1) is 17.9 Å². The van der Waals surface area contributed by atoms with Crippen LogP contribution < -0.4 is 4.90 Å². The van der Waals surface area contributed by atoms with E-state index in [0.717, 1.165) is 18.2 Å². The van der Waals surface area contributed by atoms with E-state index in [0.29, 0.717) is 6.42 Å². The Hall–Kier alpha value is -2.05. The van der Waals surface area contributed by atoms with Crippen LogP contribution in [0.2, 0.25) is 0 Å². The van der Waals surface area contributed by atoms with Crippen LogP contribution in [0.5, 0.6) is 0 Å². The molecule has 0 aliphatic carbocycles. The van der Waals surface area contributed by atoms with Crippen LogP contribution in [0.4, 0.5) is 23.7 Å². The smallest absolute Gasteiger partial charge is 0.416 e. The number of nitrogens with zero attached hydrogens (tertiary/aromatic N) is 1. The van der Waals surface area contributed by atoms with Crippen molar-refractivity contribution in [2.75, 3.05) is 11.5 Å². The number of carbonyl (C=O) groups is 2. The summed E-state index contributed by atoms with van der Waals surface area (Å²) < 4.78 is 43.3. The van der Waals surface area contributed by atoms with E-state index in [-0.39, 0.29) is 24.3 Å². The summed E-state index contributed by atoms with van der Waals surface area (Å²) in [6.45, 7) is 3.59. The Bertz CT molecular complexity index is 598. The number of carbonyl (C=O) groups excluding carboxylic acids is 2. The van der Waals surface area contributed by atoms with Gasteiger partial charge in [0.2, 0.25) is 0 Å². The summed E-state index contributed by atoms with van der Waals surface area (Å²) in [5.41, 5.74) is -0.819. The molecule has 0 fully saturated rings. The Kier molecular flexibility index (Phi) is 4.44. The lowest BCUT2D eigenvalue weighted by molar-refractivity contribution is -0.137. The summed E-state index contributed by atoms with van der Waals surface area (Å²) in [6.07, 6.45) is -4.69. The standard InChI is InChI=1S/C15H16F3NO3/c1-3-10-8-13(20)11-7-9(15(16,17)18)5-6-12(11)19(10)14(21)22-4-2/h5-7,10H,3-4,8H2,1-2H3. The van der Waals surface area contributed by atoms with Gasteiger partial charge in [-0.2, -0.15) is 13.2 Å². The van der Waals surface area contributed by atoms with Crippen LogP contribution in [0, 0.1) is 0 Å². The van der Waals surface area contributed by atoms with Crippen molar-refractivity contribution in [3.63, 3.8) is 0 Å². The highest BCUT2D eigenvalue weighted by Crippen LogP contribution is 2.37. The Morgan fingerprint density at radius 3 is 2.59 bits per heavy atom. The van der Waals surface area contributed by atoms with Crippen LogP contribution in [0.1, 0.15) is 42.6 Å². The number of anilines is 1. The van der Waals surface area contributed by atoms with Gasteiger partial charge in [0, 0.05) is 18.0 Å². The molecule has 1 heterocycles. The minimum Gasteiger partial charge on any atom is -0.449 e. The average Bonchev–Trinajstić information content (AvgIpc) is 2.45. The van der Waals surface area contributed by atoms with Gasteiger partial charge in [-0.1, -0.05) is 6.92 Å². The van der Waals surface area contributed by atoms with Crippen molar-refractivity contribution in [2.45, 2.75) is 38.9 Å². The number of ether oxygens (including phenoxy) is 1. The second-order valence-corrected chi connectivity index (χ2v) is 4.99. The summed E-state index contributed by atoms with van der Waals surface area (Å²) >= 11 is 0. The average molecular weight is 315 g/mol. The van der Waals surface area contributed by atoms with Gasteiger partial charge in [-0.3, -0.25) is 9.69 Å². The molecular formula is C15H16F3NO3. The van der Waals surface area contributed by atoms with E-state index < -0.39 is 29.7 Å². The number of fused-ring (bicyclic) bond motifs is 1. The highest BCUT2D eigenvalue weighted by molar-refractivity contribution is 6.08. The van der Waals surface area contributed by atoms with Gasteiger partial charge in [0.15, 0.2) is 5.78 Å². The van der Waals surface area contributed by atoms with E-state index in [2.05, 4.69) is 0 Å². The minimum atomic E-state index is -4.54. The molecule has 0 saturated heterocycles. The quantitative estimate of drug-likeness (QED) is 0.827. The molecule has 1 aromatic carbocycles. The first-order valence-electron chi connectivity index (χ1n) is 7.00. The minimum absolute atomic E-state index is 0.0103. The van der Waals surface area contributed by atoms with E-state index in [1.807, 2.05) is 0 Å². The maximum atomic E-state index is 12.8. The number of ketones is 1. The zero-order valence-corrected chi connectivity index (χ0v) is 12.2. The maximum absolute atomic E-state index is 12.8. The number of Topliss-reactive ketones (excluding diaryl/α,β-unsaturated/α-hetero) is 1. The number of amides is 1. The molecule has 0 radical (unpaired) electrons. The van der Waals surface area contributed by atoms with Crippen molar-refractivity contribution < 1.29 is 27.5 Å². The van der Waals surface area contributed by atoms with Gasteiger partial charge in [-0.05, 0) is 31.5 Å². The lowest BCUT2D eigenvalue weighted by Gasteiger charge is -2.35. The van der Waals surface area contributed by atoms with Crippen molar-refractivity contribution >= 4 is 17.6 Å². The van der Waals surface area contributed by atoms with E-state index in [1.165, 1.54) is 4.90 Å². The van der Waals surface area contributed by atoms with Crippen LogP contribution in [0.3, 0.4) is 0 Å². The van der Waals surface area contributed by atoms with Crippen molar-refractivity contribution in [2.24, 2.45) is 0 Å². The number of alkyl halides is 3. The number of halogens is 3. The predicted molar refractivity (Wildman–Crippen MR) is 74.0 cm³/mol. The third kappa shape index (κ3) is 2.93. The number of hydrogen-bond acceptors (Lipinski definition) is 3. The molecule has 120 valence electrons. The zero-order valence-electron chi connectivity index (χ0n) is 12.2. The Morgan fingerprint density at radius 1 is 1.36 bits per heavy atom. The van der Waals surface area contributed by atoms with E-state index >= 15 is 0 Å². The van der Waals surface area contributed by atoms with Gasteiger partial charge in [0.25, 0.3) is 0 Å². The Morgan fingerprint density at radius 2 is 2.05 bits per heavy atom. The molecule has 22 heavy (non-hydrogen) atoms. The molecule has 1 unspecified atom stereocenters. The summed E-state index contributed by atoms with van der Waals surface area (Å²) in [4.78, 5) is 25.5. The van der Waals surface area contributed by atoms with Crippen molar-refractivity contribution in [3.8, 4) is 0 Å². The van der Waals surface area contributed by atoms with Crippen molar-refractivity contribution in [3.05, 3.63) is 29.3 Å². The van der Waals surface area contributed by atoms with E-state index in [9.17, 15) is 22.8 Å². The topological polar surface area (TPSA) is 46.6 Å². The van der Waals surface area contributed by atoms with Crippen LogP contribution in [-0.4, -0.2) is 24.5 Å². The highest BCUT2D eigenvalue weighted by Gasteiger charge is 2.38. The molecule has 2 rings (SSSR count). The van der Waals surface area contributed by atoms with Crippen LogP contribution in [-0.2, 0) is 10.9 Å². The summed E-state index contributed by atoms with van der Waals surface area (Å²) in [7, 11) is 0. The van der Waals surface area contributed by atoms with Crippen LogP contribution in [0.25, 0.3) is 0 Å². The summed E-state index contributed by atoms with van der Waals surface area (Å²) in [5, 5.41) is 0. The summed E-state index contributed by atoms with van der Waals surface area (Å²) in [5.74, 6) is -0.395. The Balaban J connectivity index is 2.52. The molecule has 1 atom stereocenters. The second-order valence-electron chi connectivity index (χ2n) is 4.99. The fourth-order valence-corrected chi connectivity index (χ4v) is 2.53. The molecule has 1 aliphatic rings. The fourth-order valence-electron chi connectivity index (χ4n) is 2.53. The molecule has 1 aromatic rings. The van der Waals surface area contributed by atoms with Gasteiger partial charge in [-0.15, -0.1) is 0 Å². The second kappa shape index (κ2) is 5.98. The summed E-state index contributed by atoms with van der Waals surface area (Å²) in [6, 6.07) is 2.43. The predicted octanol–water partition coefficient (Wildman–Crippen LogP) is 4.03. The monoisotopic (exact) mass is 315 g/mol. The van der Waals surface area contributed by atoms with Crippen LogP contribution >= 0.6 is 0 Å². The van der Waals surface area contributed by atoms with Crippen molar-refractivity contribution in [1.82, 2.24) is 0 Å². The molecule has 7 heteroatoms. The van der Waals surface area contributed by atoms with Gasteiger partial charge < -0.3 is 4.74 Å². The van der Waals surface area contributed by atoms with Crippen LogP contribution in [0.15, 0.2) is 18.2 Å². The van der Waals surface area contributed by atoms with Crippen molar-refractivity contribution in [1.29, 1.82) is 0 Å². The zero-order chi connectivity index (χ0) is 16.5. The molecule has 0 bridgehead atoms. The molecule has 0 saturated carbocycles. The molecule has 4 nitrogen and oxygen atoms in total. The first-order chi connectivity index (χ1) is 10.3. The van der Waals surface area contributed by atoms with Gasteiger partial charge in [-0.25, -0.2) is 4.79 Å². The largest absolute Gasteiger partial charge is 0.449 e. The normalized spacial score (nSPS) is 18.1. The molecule has 0 N–H and O–H groups in total. The molecule has 1 amide bonds. The Labute approximate surface area is 125 Å². The molecule has 0 aromatic heterocycles. The number of benzene rings is 1. The van der Waals surface area contributed by atoms with Gasteiger partial charge >= 0.3 is 12.3 Å².